The van der Waals surface area contributed by atoms with Gasteiger partial charge in [0.25, 0.3) is 0 Å². The number of thioether (sulfide) groups is 1. The maximum atomic E-state index is 12.1. The van der Waals surface area contributed by atoms with Gasteiger partial charge < -0.3 is 10.3 Å². The largest absolute Gasteiger partial charge is 0.368 e. The van der Waals surface area contributed by atoms with Crippen LogP contribution in [0, 0.1) is 11.3 Å². The summed E-state index contributed by atoms with van der Waals surface area (Å²) in [5.41, 5.74) is 9.16. The number of benzene rings is 2. The summed E-state index contributed by atoms with van der Waals surface area (Å²) in [6.07, 6.45) is 0. The maximum absolute atomic E-state index is 12.1. The van der Waals surface area contributed by atoms with Crippen LogP contribution in [0.15, 0.2) is 53.7 Å². The quantitative estimate of drug-likeness (QED) is 0.648. The molecule has 0 aliphatic carbocycles. The molecule has 1 unspecified atom stereocenters. The van der Waals surface area contributed by atoms with Gasteiger partial charge in [0.15, 0.2) is 11.0 Å². The van der Waals surface area contributed by atoms with Crippen LogP contribution in [0.3, 0.4) is 0 Å². The van der Waals surface area contributed by atoms with Crippen molar-refractivity contribution < 1.29 is 4.79 Å². The number of rotatable bonds is 5. The zero-order valence-electron chi connectivity index (χ0n) is 16.9. The van der Waals surface area contributed by atoms with Gasteiger partial charge in [-0.2, -0.15) is 5.26 Å². The van der Waals surface area contributed by atoms with Gasteiger partial charge in [-0.3, -0.25) is 4.79 Å². The van der Waals surface area contributed by atoms with Crippen molar-refractivity contribution in [1.29, 1.82) is 5.26 Å². The molecule has 0 saturated carbocycles. The van der Waals surface area contributed by atoms with Crippen LogP contribution in [0.5, 0.6) is 0 Å². The number of hydrogen-bond acceptors (Lipinski definition) is 5. The molecule has 0 aliphatic rings. The van der Waals surface area contributed by atoms with Gasteiger partial charge in [-0.15, -0.1) is 10.2 Å². The van der Waals surface area contributed by atoms with E-state index in [4.69, 9.17) is 11.0 Å². The second-order valence-electron chi connectivity index (χ2n) is 7.83. The Labute approximate surface area is 174 Å². The number of aromatic nitrogens is 3. The Morgan fingerprint density at radius 2 is 1.72 bits per heavy atom. The van der Waals surface area contributed by atoms with Crippen LogP contribution >= 0.6 is 11.8 Å². The highest BCUT2D eigenvalue weighted by Gasteiger charge is 2.23. The number of nitriles is 1. The summed E-state index contributed by atoms with van der Waals surface area (Å²) in [5.74, 6) is 0.245. The molecule has 148 valence electrons. The Morgan fingerprint density at radius 1 is 1.10 bits per heavy atom. The fourth-order valence-corrected chi connectivity index (χ4v) is 3.87. The summed E-state index contributed by atoms with van der Waals surface area (Å²) < 4.78 is 1.86. The fourth-order valence-electron chi connectivity index (χ4n) is 2.92. The molecule has 0 saturated heterocycles. The third kappa shape index (κ3) is 4.49. The Balaban J connectivity index is 1.87. The average Bonchev–Trinajstić information content (AvgIpc) is 3.05. The minimum absolute atomic E-state index is 0.0786. The van der Waals surface area contributed by atoms with Gasteiger partial charge in [-0.25, -0.2) is 0 Å². The van der Waals surface area contributed by atoms with Gasteiger partial charge >= 0.3 is 0 Å². The topological polar surface area (TPSA) is 97.6 Å². The molecule has 7 heteroatoms. The molecule has 1 atom stereocenters. The van der Waals surface area contributed by atoms with Crippen LogP contribution in [0.2, 0.25) is 0 Å². The zero-order valence-corrected chi connectivity index (χ0v) is 17.7. The van der Waals surface area contributed by atoms with E-state index in [0.29, 0.717) is 10.7 Å². The first kappa shape index (κ1) is 20.6. The number of carbonyl (C=O) groups excluding carboxylic acids is 1. The number of nitrogens with two attached hydrogens (primary N) is 1. The molecular formula is C22H23N5OS. The molecule has 3 rings (SSSR count). The average molecular weight is 406 g/mol. The fraction of sp³-hybridized carbons (Fsp3) is 0.273. The van der Waals surface area contributed by atoms with E-state index >= 15 is 0 Å². The van der Waals surface area contributed by atoms with Crippen molar-refractivity contribution in [3.63, 3.8) is 0 Å². The molecule has 1 aromatic heterocycles. The van der Waals surface area contributed by atoms with E-state index in [-0.39, 0.29) is 5.41 Å². The summed E-state index contributed by atoms with van der Waals surface area (Å²) in [7, 11) is 1.87. The number of primary amides is 1. The molecule has 1 amide bonds. The second kappa shape index (κ2) is 8.10. The third-order valence-electron chi connectivity index (χ3n) is 4.67. The van der Waals surface area contributed by atoms with E-state index in [9.17, 15) is 4.79 Å². The lowest BCUT2D eigenvalue weighted by molar-refractivity contribution is -0.117. The van der Waals surface area contributed by atoms with Gasteiger partial charge in [-0.1, -0.05) is 68.9 Å². The van der Waals surface area contributed by atoms with E-state index in [2.05, 4.69) is 49.2 Å². The predicted molar refractivity (Wildman–Crippen MR) is 114 cm³/mol. The lowest BCUT2D eigenvalue weighted by Gasteiger charge is -2.19. The highest BCUT2D eigenvalue weighted by Crippen LogP contribution is 2.35. The highest BCUT2D eigenvalue weighted by atomic mass is 32.2. The molecule has 2 aromatic carbocycles. The highest BCUT2D eigenvalue weighted by molar-refractivity contribution is 8.00. The van der Waals surface area contributed by atoms with Gasteiger partial charge in [-0.05, 0) is 28.7 Å². The molecule has 3 aromatic rings. The molecule has 2 N–H and O–H groups in total. The minimum atomic E-state index is -0.623. The number of hydrogen-bond donors (Lipinski definition) is 1. The summed E-state index contributed by atoms with van der Waals surface area (Å²) in [6.45, 7) is 6.52. The molecule has 29 heavy (non-hydrogen) atoms. The Bertz CT molecular complexity index is 1060. The molecule has 0 fully saturated rings. The van der Waals surface area contributed by atoms with E-state index in [1.807, 2.05) is 23.7 Å². The van der Waals surface area contributed by atoms with Crippen LogP contribution in [0.1, 0.15) is 42.7 Å². The van der Waals surface area contributed by atoms with E-state index in [1.165, 1.54) is 17.3 Å². The van der Waals surface area contributed by atoms with Crippen LogP contribution in [0.25, 0.3) is 11.4 Å². The first-order valence-electron chi connectivity index (χ1n) is 9.17. The third-order valence-corrected chi connectivity index (χ3v) is 5.97. The lowest BCUT2D eigenvalue weighted by Crippen LogP contribution is -2.19. The molecule has 1 heterocycles. The molecule has 6 nitrogen and oxygen atoms in total. The zero-order chi connectivity index (χ0) is 21.2. The van der Waals surface area contributed by atoms with Crippen LogP contribution < -0.4 is 5.73 Å². The van der Waals surface area contributed by atoms with Gasteiger partial charge in [0.05, 0.1) is 11.6 Å². The van der Waals surface area contributed by atoms with Gasteiger partial charge in [0, 0.05) is 12.6 Å². The maximum Gasteiger partial charge on any atom is 0.235 e. The van der Waals surface area contributed by atoms with Crippen molar-refractivity contribution in [2.45, 2.75) is 36.6 Å². The Kier molecular flexibility index (Phi) is 5.76. The number of nitrogens with zero attached hydrogens (tertiary/aromatic N) is 4. The normalized spacial score (nSPS) is 12.4. The van der Waals surface area contributed by atoms with Gasteiger partial charge in [0.1, 0.15) is 5.25 Å². The van der Waals surface area contributed by atoms with Gasteiger partial charge in [0.2, 0.25) is 5.91 Å². The molecule has 0 aliphatic heterocycles. The van der Waals surface area contributed by atoms with Crippen molar-refractivity contribution in [1.82, 2.24) is 14.8 Å². The summed E-state index contributed by atoms with van der Waals surface area (Å²) in [6, 6.07) is 17.1. The van der Waals surface area contributed by atoms with Crippen molar-refractivity contribution in [2.75, 3.05) is 0 Å². The number of carbonyl (C=O) groups is 1. The van der Waals surface area contributed by atoms with Crippen LogP contribution in [0.4, 0.5) is 0 Å². The molecular weight excluding hydrogens is 382 g/mol. The van der Waals surface area contributed by atoms with Crippen LogP contribution in [-0.2, 0) is 17.3 Å². The van der Waals surface area contributed by atoms with E-state index < -0.39 is 11.2 Å². The number of amides is 1. The standard InChI is InChI=1S/C22H23N5OS/c1-22(2,3)17-11-9-16(10-12-17)20-25-26-21(27(20)4)29-18(19(24)28)15-7-5-14(13-23)6-8-15/h5-12,18H,1-4H3,(H2,24,28). The Morgan fingerprint density at radius 3 is 2.24 bits per heavy atom. The van der Waals surface area contributed by atoms with E-state index in [1.54, 1.807) is 24.3 Å². The minimum Gasteiger partial charge on any atom is -0.368 e. The van der Waals surface area contributed by atoms with Crippen molar-refractivity contribution in [3.05, 3.63) is 65.2 Å². The Hall–Kier alpha value is -3.11. The van der Waals surface area contributed by atoms with Crippen molar-refractivity contribution in [3.8, 4) is 17.5 Å². The smallest absolute Gasteiger partial charge is 0.235 e. The monoisotopic (exact) mass is 405 g/mol. The van der Waals surface area contributed by atoms with E-state index in [0.717, 1.165) is 17.0 Å². The first-order chi connectivity index (χ1) is 13.7. The summed E-state index contributed by atoms with van der Waals surface area (Å²) in [5, 5.41) is 17.5. The molecule has 0 radical (unpaired) electrons. The lowest BCUT2D eigenvalue weighted by atomic mass is 9.87. The van der Waals surface area contributed by atoms with Crippen molar-refractivity contribution in [2.24, 2.45) is 12.8 Å². The SMILES string of the molecule is Cn1c(SC(C(N)=O)c2ccc(C#N)cc2)nnc1-c1ccc(C(C)(C)C)cc1. The second-order valence-corrected chi connectivity index (χ2v) is 8.90. The first-order valence-corrected chi connectivity index (χ1v) is 10.0. The molecule has 0 bridgehead atoms. The summed E-state index contributed by atoms with van der Waals surface area (Å²) >= 11 is 1.24. The summed E-state index contributed by atoms with van der Waals surface area (Å²) in [4.78, 5) is 12.1. The molecule has 0 spiro atoms. The predicted octanol–water partition coefficient (Wildman–Crippen LogP) is 3.97. The van der Waals surface area contributed by atoms with Crippen LogP contribution in [-0.4, -0.2) is 20.7 Å². The van der Waals surface area contributed by atoms with Crippen molar-refractivity contribution >= 4 is 17.7 Å².